The summed E-state index contributed by atoms with van der Waals surface area (Å²) < 4.78 is 6.76. The lowest BCUT2D eigenvalue weighted by Gasteiger charge is -2.32. The number of piperidine rings is 1. The van der Waals surface area contributed by atoms with Crippen molar-refractivity contribution in [3.8, 4) is 0 Å². The van der Waals surface area contributed by atoms with Crippen LogP contribution in [0.3, 0.4) is 0 Å². The Labute approximate surface area is 128 Å². The third kappa shape index (κ3) is 2.81. The summed E-state index contributed by atoms with van der Waals surface area (Å²) in [5, 5.41) is 1.17. The molecule has 0 unspecified atom stereocenters. The highest BCUT2D eigenvalue weighted by Gasteiger charge is 2.20. The van der Waals surface area contributed by atoms with Crippen molar-refractivity contribution >= 4 is 32.7 Å². The van der Waals surface area contributed by atoms with Crippen LogP contribution in [0.2, 0.25) is 0 Å². The Hall–Kier alpha value is -1.13. The number of fused-ring (bicyclic) bond motifs is 1. The topological polar surface area (TPSA) is 25.4 Å². The minimum atomic E-state index is 0.420. The van der Waals surface area contributed by atoms with Gasteiger partial charge in [0.25, 0.3) is 0 Å². The van der Waals surface area contributed by atoms with Crippen LogP contribution in [-0.2, 0) is 4.74 Å². The van der Waals surface area contributed by atoms with Gasteiger partial charge < -0.3 is 9.64 Å². The predicted molar refractivity (Wildman–Crippen MR) is 86.3 cm³/mol. The Morgan fingerprint density at radius 2 is 2.05 bits per heavy atom. The summed E-state index contributed by atoms with van der Waals surface area (Å²) in [5.41, 5.74) is 1.04. The molecule has 3 nitrogen and oxygen atoms in total. The molecule has 0 atom stereocenters. The highest BCUT2D eigenvalue weighted by molar-refractivity contribution is 9.10. The molecule has 0 bridgehead atoms. The van der Waals surface area contributed by atoms with Crippen molar-refractivity contribution in [1.29, 1.82) is 0 Å². The highest BCUT2D eigenvalue weighted by atomic mass is 79.9. The standard InChI is InChI=1S/C16H19BrN2O/c1-2-20-13-8-10-19(11-9-13)15-7-6-12-4-3-5-14(17)16(12)18-15/h3-7,13H,2,8-11H2,1H3. The third-order valence-electron chi connectivity index (χ3n) is 3.82. The molecule has 2 heterocycles. The molecule has 1 fully saturated rings. The van der Waals surface area contributed by atoms with Crippen LogP contribution in [0.4, 0.5) is 5.82 Å². The van der Waals surface area contributed by atoms with E-state index in [0.717, 1.165) is 48.3 Å². The number of aromatic nitrogens is 1. The summed E-state index contributed by atoms with van der Waals surface area (Å²) in [6.45, 7) is 4.92. The molecule has 2 aromatic rings. The average Bonchev–Trinajstić information content (AvgIpc) is 2.49. The Morgan fingerprint density at radius 3 is 2.80 bits per heavy atom. The highest BCUT2D eigenvalue weighted by Crippen LogP contribution is 2.26. The number of para-hydroxylation sites is 1. The molecule has 1 aliphatic rings. The number of anilines is 1. The van der Waals surface area contributed by atoms with Gasteiger partial charge in [0.1, 0.15) is 5.82 Å². The van der Waals surface area contributed by atoms with Crippen molar-refractivity contribution in [2.24, 2.45) is 0 Å². The fourth-order valence-electron chi connectivity index (χ4n) is 2.76. The summed E-state index contributed by atoms with van der Waals surface area (Å²) >= 11 is 3.58. The third-order valence-corrected chi connectivity index (χ3v) is 4.46. The SMILES string of the molecule is CCOC1CCN(c2ccc3cccc(Br)c3n2)CC1. The molecule has 1 aliphatic heterocycles. The zero-order valence-corrected chi connectivity index (χ0v) is 13.3. The van der Waals surface area contributed by atoms with Crippen LogP contribution in [0, 0.1) is 0 Å². The largest absolute Gasteiger partial charge is 0.378 e. The van der Waals surface area contributed by atoms with Crippen molar-refractivity contribution in [2.45, 2.75) is 25.9 Å². The molecule has 3 rings (SSSR count). The lowest BCUT2D eigenvalue weighted by molar-refractivity contribution is 0.0458. The van der Waals surface area contributed by atoms with Gasteiger partial charge in [0.2, 0.25) is 0 Å². The number of benzene rings is 1. The molecule has 0 radical (unpaired) electrons. The van der Waals surface area contributed by atoms with Crippen molar-refractivity contribution in [1.82, 2.24) is 4.98 Å². The second kappa shape index (κ2) is 6.10. The molecule has 0 N–H and O–H groups in total. The van der Waals surface area contributed by atoms with Crippen molar-refractivity contribution < 1.29 is 4.74 Å². The number of halogens is 1. The molecule has 0 amide bonds. The van der Waals surface area contributed by atoms with Gasteiger partial charge in [0.15, 0.2) is 0 Å². The number of hydrogen-bond donors (Lipinski definition) is 0. The lowest BCUT2D eigenvalue weighted by atomic mass is 10.1. The number of ether oxygens (including phenoxy) is 1. The Kier molecular flexibility index (Phi) is 4.22. The summed E-state index contributed by atoms with van der Waals surface area (Å²) in [6.07, 6.45) is 2.59. The molecular formula is C16H19BrN2O. The van der Waals surface area contributed by atoms with Gasteiger partial charge in [0.05, 0.1) is 11.6 Å². The number of pyridine rings is 1. The van der Waals surface area contributed by atoms with Gasteiger partial charge in [-0.25, -0.2) is 4.98 Å². The van der Waals surface area contributed by atoms with E-state index in [4.69, 9.17) is 9.72 Å². The zero-order valence-electron chi connectivity index (χ0n) is 11.7. The molecule has 1 aromatic heterocycles. The zero-order chi connectivity index (χ0) is 13.9. The van der Waals surface area contributed by atoms with Crippen molar-refractivity contribution in [3.05, 3.63) is 34.8 Å². The molecule has 0 spiro atoms. The molecule has 106 valence electrons. The quantitative estimate of drug-likeness (QED) is 0.848. The van der Waals surface area contributed by atoms with E-state index in [0.29, 0.717) is 6.10 Å². The van der Waals surface area contributed by atoms with E-state index in [1.165, 1.54) is 5.39 Å². The van der Waals surface area contributed by atoms with Crippen molar-refractivity contribution in [3.63, 3.8) is 0 Å². The summed E-state index contributed by atoms with van der Waals surface area (Å²) in [5.74, 6) is 1.07. The maximum absolute atomic E-state index is 5.70. The summed E-state index contributed by atoms with van der Waals surface area (Å²) in [6, 6.07) is 10.5. The van der Waals surface area contributed by atoms with E-state index >= 15 is 0 Å². The number of nitrogens with zero attached hydrogens (tertiary/aromatic N) is 2. The molecule has 20 heavy (non-hydrogen) atoms. The maximum atomic E-state index is 5.70. The fraction of sp³-hybridized carbons (Fsp3) is 0.438. The monoisotopic (exact) mass is 334 g/mol. The van der Waals surface area contributed by atoms with E-state index in [1.807, 2.05) is 12.1 Å². The minimum absolute atomic E-state index is 0.420. The first-order valence-corrected chi connectivity index (χ1v) is 7.99. The van der Waals surface area contributed by atoms with E-state index in [9.17, 15) is 0 Å². The van der Waals surface area contributed by atoms with Crippen molar-refractivity contribution in [2.75, 3.05) is 24.6 Å². The number of hydrogen-bond acceptors (Lipinski definition) is 3. The molecule has 1 aromatic carbocycles. The smallest absolute Gasteiger partial charge is 0.129 e. The van der Waals surface area contributed by atoms with Gasteiger partial charge in [-0.3, -0.25) is 0 Å². The first-order valence-electron chi connectivity index (χ1n) is 7.19. The first-order chi connectivity index (χ1) is 9.78. The predicted octanol–water partition coefficient (Wildman–Crippen LogP) is 4.00. The fourth-order valence-corrected chi connectivity index (χ4v) is 3.23. The Bertz CT molecular complexity index is 594. The minimum Gasteiger partial charge on any atom is -0.378 e. The van der Waals surface area contributed by atoms with E-state index in [1.54, 1.807) is 0 Å². The summed E-state index contributed by atoms with van der Waals surface area (Å²) in [7, 11) is 0. The average molecular weight is 335 g/mol. The van der Waals surface area contributed by atoms with Gasteiger partial charge in [-0.2, -0.15) is 0 Å². The van der Waals surface area contributed by atoms with Crippen LogP contribution < -0.4 is 4.90 Å². The molecule has 0 aliphatic carbocycles. The Balaban J connectivity index is 1.79. The van der Waals surface area contributed by atoms with E-state index in [-0.39, 0.29) is 0 Å². The van der Waals surface area contributed by atoms with E-state index in [2.05, 4.69) is 46.0 Å². The van der Waals surface area contributed by atoms with Gasteiger partial charge in [0, 0.05) is 29.6 Å². The van der Waals surface area contributed by atoms with Crippen LogP contribution in [0.1, 0.15) is 19.8 Å². The lowest BCUT2D eigenvalue weighted by Crippen LogP contribution is -2.37. The maximum Gasteiger partial charge on any atom is 0.129 e. The van der Waals surface area contributed by atoms with Gasteiger partial charge in [-0.1, -0.05) is 12.1 Å². The second-order valence-electron chi connectivity index (χ2n) is 5.12. The van der Waals surface area contributed by atoms with Gasteiger partial charge >= 0.3 is 0 Å². The molecular weight excluding hydrogens is 316 g/mol. The van der Waals surface area contributed by atoms with Gasteiger partial charge in [-0.05, 0) is 53.9 Å². The van der Waals surface area contributed by atoms with Crippen LogP contribution in [-0.4, -0.2) is 30.8 Å². The van der Waals surface area contributed by atoms with Crippen LogP contribution in [0.15, 0.2) is 34.8 Å². The molecule has 0 saturated carbocycles. The Morgan fingerprint density at radius 1 is 1.25 bits per heavy atom. The van der Waals surface area contributed by atoms with Crippen LogP contribution >= 0.6 is 15.9 Å². The first kappa shape index (κ1) is 13.8. The molecule has 1 saturated heterocycles. The normalized spacial score (nSPS) is 16.8. The van der Waals surface area contributed by atoms with Crippen LogP contribution in [0.5, 0.6) is 0 Å². The number of rotatable bonds is 3. The van der Waals surface area contributed by atoms with Gasteiger partial charge in [-0.15, -0.1) is 0 Å². The van der Waals surface area contributed by atoms with Crippen LogP contribution in [0.25, 0.3) is 10.9 Å². The molecule has 4 heteroatoms. The van der Waals surface area contributed by atoms with E-state index < -0.39 is 0 Å². The second-order valence-corrected chi connectivity index (χ2v) is 5.98. The summed E-state index contributed by atoms with van der Waals surface area (Å²) in [4.78, 5) is 7.16.